The Morgan fingerprint density at radius 3 is 2.88 bits per heavy atom. The smallest absolute Gasteiger partial charge is 0.133 e. The molecule has 1 aromatic rings. The van der Waals surface area contributed by atoms with Crippen molar-refractivity contribution in [2.45, 2.75) is 18.3 Å². The van der Waals surface area contributed by atoms with Crippen LogP contribution in [0.1, 0.15) is 12.0 Å². The summed E-state index contributed by atoms with van der Waals surface area (Å²) in [7, 11) is 0. The molecule has 0 N–H and O–H groups in total. The highest BCUT2D eigenvalue weighted by Crippen LogP contribution is 2.06. The zero-order chi connectivity index (χ0) is 12.5. The lowest BCUT2D eigenvalue weighted by Crippen LogP contribution is -2.30. The molecule has 0 aliphatic rings. The van der Waals surface area contributed by atoms with Crippen molar-refractivity contribution in [3.8, 4) is 12.1 Å². The normalized spacial score (nSPS) is 11.8. The SMILES string of the molecule is N#CCCN(Cc1cccnc1)CC(Cl)C#N. The van der Waals surface area contributed by atoms with Crippen LogP contribution < -0.4 is 0 Å². The monoisotopic (exact) mass is 248 g/mol. The van der Waals surface area contributed by atoms with Crippen LogP contribution in [0.3, 0.4) is 0 Å². The Morgan fingerprint density at radius 1 is 1.47 bits per heavy atom. The summed E-state index contributed by atoms with van der Waals surface area (Å²) in [5.41, 5.74) is 1.05. The maximum absolute atomic E-state index is 8.69. The second-order valence-electron chi connectivity index (χ2n) is 3.60. The van der Waals surface area contributed by atoms with E-state index in [0.29, 0.717) is 26.1 Å². The minimum absolute atomic E-state index is 0.426. The largest absolute Gasteiger partial charge is 0.295 e. The van der Waals surface area contributed by atoms with Crippen LogP contribution in [0.2, 0.25) is 0 Å². The number of rotatable bonds is 6. The Labute approximate surface area is 106 Å². The van der Waals surface area contributed by atoms with Crippen LogP contribution in [0.4, 0.5) is 0 Å². The molecule has 1 aromatic heterocycles. The fraction of sp³-hybridized carbons (Fsp3) is 0.417. The molecule has 0 aromatic carbocycles. The van der Waals surface area contributed by atoms with Gasteiger partial charge in [0, 0.05) is 38.4 Å². The average Bonchev–Trinajstić information content (AvgIpc) is 2.37. The maximum Gasteiger partial charge on any atom is 0.133 e. The number of alkyl halides is 1. The van der Waals surface area contributed by atoms with Crippen LogP contribution in [-0.2, 0) is 6.54 Å². The van der Waals surface area contributed by atoms with E-state index < -0.39 is 5.38 Å². The minimum Gasteiger partial charge on any atom is -0.295 e. The molecule has 88 valence electrons. The first-order valence-corrected chi connectivity index (χ1v) is 5.71. The number of halogens is 1. The molecule has 1 unspecified atom stereocenters. The van der Waals surface area contributed by atoms with Gasteiger partial charge in [-0.3, -0.25) is 9.88 Å². The highest BCUT2D eigenvalue weighted by Gasteiger charge is 2.11. The standard InChI is InChI=1S/C12H13ClN4/c13-12(7-15)10-17(6-2-4-14)9-11-3-1-5-16-8-11/h1,3,5,8,12H,2,6,9-10H2. The molecule has 1 rings (SSSR count). The lowest BCUT2D eigenvalue weighted by molar-refractivity contribution is 0.279. The molecule has 0 saturated carbocycles. The number of aromatic nitrogens is 1. The lowest BCUT2D eigenvalue weighted by Gasteiger charge is -2.21. The van der Waals surface area contributed by atoms with Crippen LogP contribution in [0.15, 0.2) is 24.5 Å². The summed E-state index contributed by atoms with van der Waals surface area (Å²) in [5.74, 6) is 0. The highest BCUT2D eigenvalue weighted by atomic mass is 35.5. The Morgan fingerprint density at radius 2 is 2.29 bits per heavy atom. The summed E-state index contributed by atoms with van der Waals surface area (Å²) in [6.45, 7) is 1.71. The van der Waals surface area contributed by atoms with Crippen molar-refractivity contribution in [2.24, 2.45) is 0 Å². The molecule has 0 spiro atoms. The molecule has 0 radical (unpaired) electrons. The molecule has 1 atom stereocenters. The number of nitriles is 2. The molecule has 5 heteroatoms. The molecule has 17 heavy (non-hydrogen) atoms. The van der Waals surface area contributed by atoms with Crippen LogP contribution in [0.25, 0.3) is 0 Å². The minimum atomic E-state index is -0.551. The van der Waals surface area contributed by atoms with E-state index in [2.05, 4.69) is 11.1 Å². The molecule has 0 amide bonds. The molecular weight excluding hydrogens is 236 g/mol. The molecule has 0 bridgehead atoms. The van der Waals surface area contributed by atoms with Crippen LogP contribution in [-0.4, -0.2) is 28.4 Å². The third kappa shape index (κ3) is 5.31. The first-order valence-electron chi connectivity index (χ1n) is 5.28. The number of pyridine rings is 1. The van der Waals surface area contributed by atoms with Gasteiger partial charge in [0.25, 0.3) is 0 Å². The Kier molecular flexibility index (Phi) is 6.03. The van der Waals surface area contributed by atoms with E-state index in [4.69, 9.17) is 22.1 Å². The summed E-state index contributed by atoms with van der Waals surface area (Å²) in [6, 6.07) is 7.90. The van der Waals surface area contributed by atoms with E-state index in [-0.39, 0.29) is 0 Å². The first kappa shape index (κ1) is 13.4. The van der Waals surface area contributed by atoms with Crippen molar-refractivity contribution in [2.75, 3.05) is 13.1 Å². The second-order valence-corrected chi connectivity index (χ2v) is 4.13. The van der Waals surface area contributed by atoms with Crippen LogP contribution >= 0.6 is 11.6 Å². The van der Waals surface area contributed by atoms with Gasteiger partial charge in [0.1, 0.15) is 5.38 Å². The van der Waals surface area contributed by atoms with Gasteiger partial charge >= 0.3 is 0 Å². The van der Waals surface area contributed by atoms with Crippen molar-refractivity contribution in [3.63, 3.8) is 0 Å². The van der Waals surface area contributed by atoms with E-state index in [1.54, 1.807) is 12.4 Å². The molecule has 0 saturated heterocycles. The molecule has 0 aliphatic carbocycles. The lowest BCUT2D eigenvalue weighted by atomic mass is 10.2. The molecule has 0 aliphatic heterocycles. The van der Waals surface area contributed by atoms with Crippen molar-refractivity contribution in [1.29, 1.82) is 10.5 Å². The van der Waals surface area contributed by atoms with E-state index in [1.807, 2.05) is 23.1 Å². The Balaban J connectivity index is 2.58. The van der Waals surface area contributed by atoms with Gasteiger partial charge in [-0.05, 0) is 11.6 Å². The summed E-state index contributed by atoms with van der Waals surface area (Å²) >= 11 is 5.80. The van der Waals surface area contributed by atoms with E-state index >= 15 is 0 Å². The van der Waals surface area contributed by atoms with Crippen molar-refractivity contribution in [1.82, 2.24) is 9.88 Å². The van der Waals surface area contributed by atoms with Gasteiger partial charge in [-0.15, -0.1) is 11.6 Å². The highest BCUT2D eigenvalue weighted by molar-refractivity contribution is 6.22. The molecule has 1 heterocycles. The molecule has 0 fully saturated rings. The van der Waals surface area contributed by atoms with Gasteiger partial charge in [-0.1, -0.05) is 6.07 Å². The predicted octanol–water partition coefficient (Wildman–Crippen LogP) is 1.93. The van der Waals surface area contributed by atoms with Gasteiger partial charge < -0.3 is 0 Å². The fourth-order valence-electron chi connectivity index (χ4n) is 1.46. The fourth-order valence-corrected chi connectivity index (χ4v) is 1.66. The third-order valence-corrected chi connectivity index (χ3v) is 2.46. The quantitative estimate of drug-likeness (QED) is 0.722. The summed E-state index contributed by atoms with van der Waals surface area (Å²) < 4.78 is 0. The zero-order valence-corrected chi connectivity index (χ0v) is 10.1. The van der Waals surface area contributed by atoms with Crippen molar-refractivity contribution < 1.29 is 0 Å². The van der Waals surface area contributed by atoms with Crippen LogP contribution in [0, 0.1) is 22.7 Å². The van der Waals surface area contributed by atoms with Crippen molar-refractivity contribution in [3.05, 3.63) is 30.1 Å². The van der Waals surface area contributed by atoms with Crippen LogP contribution in [0.5, 0.6) is 0 Å². The molecule has 4 nitrogen and oxygen atoms in total. The Bertz CT molecular complexity index is 407. The van der Waals surface area contributed by atoms with E-state index in [9.17, 15) is 0 Å². The van der Waals surface area contributed by atoms with Gasteiger partial charge in [-0.2, -0.15) is 10.5 Å². The number of hydrogen-bond acceptors (Lipinski definition) is 4. The second kappa shape index (κ2) is 7.62. The van der Waals surface area contributed by atoms with Gasteiger partial charge in [0.05, 0.1) is 12.1 Å². The topological polar surface area (TPSA) is 63.7 Å². The van der Waals surface area contributed by atoms with Gasteiger partial charge in [-0.25, -0.2) is 0 Å². The number of hydrogen-bond donors (Lipinski definition) is 0. The summed E-state index contributed by atoms with van der Waals surface area (Å²) in [4.78, 5) is 6.01. The maximum atomic E-state index is 8.69. The Hall–Kier alpha value is -1.62. The zero-order valence-electron chi connectivity index (χ0n) is 9.38. The van der Waals surface area contributed by atoms with E-state index in [1.165, 1.54) is 0 Å². The first-order chi connectivity index (χ1) is 8.26. The van der Waals surface area contributed by atoms with Gasteiger partial charge in [0.2, 0.25) is 0 Å². The summed E-state index contributed by atoms with van der Waals surface area (Å²) in [6.07, 6.45) is 3.91. The third-order valence-electron chi connectivity index (χ3n) is 2.23. The van der Waals surface area contributed by atoms with Crippen molar-refractivity contribution >= 4 is 11.6 Å². The van der Waals surface area contributed by atoms with Gasteiger partial charge in [0.15, 0.2) is 0 Å². The number of nitrogens with zero attached hydrogens (tertiary/aromatic N) is 4. The molecular formula is C12H13ClN4. The van der Waals surface area contributed by atoms with E-state index in [0.717, 1.165) is 5.56 Å². The summed E-state index contributed by atoms with van der Waals surface area (Å²) in [5, 5.41) is 16.7. The average molecular weight is 249 g/mol. The predicted molar refractivity (Wildman–Crippen MR) is 65.0 cm³/mol.